The van der Waals surface area contributed by atoms with Crippen molar-refractivity contribution in [3.63, 3.8) is 0 Å². The molecule has 0 bridgehead atoms. The Morgan fingerprint density at radius 1 is 1.30 bits per heavy atom. The summed E-state index contributed by atoms with van der Waals surface area (Å²) in [7, 11) is -3.88. The van der Waals surface area contributed by atoms with Crippen LogP contribution in [0.25, 0.3) is 0 Å². The molecule has 0 radical (unpaired) electrons. The van der Waals surface area contributed by atoms with E-state index in [4.69, 9.17) is 16.3 Å². The molecule has 9 heteroatoms. The van der Waals surface area contributed by atoms with Crippen LogP contribution < -0.4 is 10.0 Å². The maximum absolute atomic E-state index is 12.1. The van der Waals surface area contributed by atoms with Crippen LogP contribution in [0.1, 0.15) is 19.8 Å². The van der Waals surface area contributed by atoms with E-state index in [0.717, 1.165) is 12.8 Å². The average Bonchev–Trinajstić information content (AvgIpc) is 3.28. The van der Waals surface area contributed by atoms with Gasteiger partial charge >= 0.3 is 5.97 Å². The van der Waals surface area contributed by atoms with E-state index >= 15 is 0 Å². The molecule has 0 saturated heterocycles. The van der Waals surface area contributed by atoms with Crippen LogP contribution in [0.15, 0.2) is 29.2 Å². The first-order valence-corrected chi connectivity index (χ1v) is 8.88. The molecule has 1 saturated carbocycles. The predicted molar refractivity (Wildman–Crippen MR) is 83.4 cm³/mol. The van der Waals surface area contributed by atoms with Gasteiger partial charge in [0.15, 0.2) is 6.61 Å². The van der Waals surface area contributed by atoms with Crippen molar-refractivity contribution in [1.29, 1.82) is 0 Å². The molecule has 126 valence electrons. The molecular formula is C14H17ClN2O5S. The van der Waals surface area contributed by atoms with Crippen LogP contribution in [-0.2, 0) is 24.3 Å². The lowest BCUT2D eigenvalue weighted by atomic mass is 10.4. The lowest BCUT2D eigenvalue weighted by Crippen LogP contribution is -2.41. The number of carbonyl (C=O) groups excluding carboxylic acids is 2. The number of nitrogens with one attached hydrogen (secondary N) is 2. The lowest BCUT2D eigenvalue weighted by Gasteiger charge is -2.13. The van der Waals surface area contributed by atoms with E-state index in [1.807, 2.05) is 0 Å². The first kappa shape index (κ1) is 17.7. The topological polar surface area (TPSA) is 102 Å². The van der Waals surface area contributed by atoms with E-state index < -0.39 is 34.5 Å². The molecule has 1 aromatic carbocycles. The number of hydrogen-bond donors (Lipinski definition) is 2. The van der Waals surface area contributed by atoms with Crippen molar-refractivity contribution in [2.75, 3.05) is 6.61 Å². The number of hydrogen-bond acceptors (Lipinski definition) is 5. The minimum absolute atomic E-state index is 0.0203. The average molecular weight is 361 g/mol. The van der Waals surface area contributed by atoms with Gasteiger partial charge in [0.1, 0.15) is 6.04 Å². The number of ether oxygens (including phenoxy) is 1. The molecule has 1 amide bonds. The van der Waals surface area contributed by atoms with Crippen molar-refractivity contribution < 1.29 is 22.7 Å². The van der Waals surface area contributed by atoms with Crippen molar-refractivity contribution in [2.45, 2.75) is 36.7 Å². The van der Waals surface area contributed by atoms with Gasteiger partial charge in [0.05, 0.1) is 4.90 Å². The van der Waals surface area contributed by atoms with E-state index in [2.05, 4.69) is 10.0 Å². The van der Waals surface area contributed by atoms with E-state index in [-0.39, 0.29) is 10.9 Å². The third-order valence-electron chi connectivity index (χ3n) is 3.10. The zero-order valence-electron chi connectivity index (χ0n) is 12.4. The highest BCUT2D eigenvalue weighted by atomic mass is 35.5. The second-order valence-electron chi connectivity index (χ2n) is 5.25. The molecule has 1 fully saturated rings. The Balaban J connectivity index is 1.86. The molecule has 2 N–H and O–H groups in total. The molecule has 1 atom stereocenters. The zero-order valence-corrected chi connectivity index (χ0v) is 14.0. The van der Waals surface area contributed by atoms with Crippen LogP contribution in [0, 0.1) is 0 Å². The molecular weight excluding hydrogens is 344 g/mol. The number of carbonyl (C=O) groups is 2. The molecule has 7 nitrogen and oxygen atoms in total. The van der Waals surface area contributed by atoms with Gasteiger partial charge in [-0.3, -0.25) is 9.59 Å². The Morgan fingerprint density at radius 2 is 1.91 bits per heavy atom. The fourth-order valence-electron chi connectivity index (χ4n) is 1.72. The SMILES string of the molecule is CC(NS(=O)(=O)c1ccc(Cl)cc1)C(=O)OCC(=O)NC1CC1. The maximum atomic E-state index is 12.1. The van der Waals surface area contributed by atoms with Gasteiger partial charge in [-0.05, 0) is 44.0 Å². The zero-order chi connectivity index (χ0) is 17.0. The lowest BCUT2D eigenvalue weighted by molar-refractivity contribution is -0.149. The Kier molecular flexibility index (Phi) is 5.61. The van der Waals surface area contributed by atoms with Crippen molar-refractivity contribution >= 4 is 33.5 Å². The summed E-state index contributed by atoms with van der Waals surface area (Å²) in [4.78, 5) is 23.2. The minimum atomic E-state index is -3.88. The summed E-state index contributed by atoms with van der Waals surface area (Å²) in [6, 6.07) is 4.56. The second kappa shape index (κ2) is 7.29. The summed E-state index contributed by atoms with van der Waals surface area (Å²) >= 11 is 5.70. The van der Waals surface area contributed by atoms with E-state index in [1.54, 1.807) is 0 Å². The fourth-order valence-corrected chi connectivity index (χ4v) is 3.04. The van der Waals surface area contributed by atoms with E-state index in [9.17, 15) is 18.0 Å². The maximum Gasteiger partial charge on any atom is 0.324 e. The molecule has 23 heavy (non-hydrogen) atoms. The number of rotatable bonds is 7. The third-order valence-corrected chi connectivity index (χ3v) is 4.91. The smallest absolute Gasteiger partial charge is 0.324 e. The second-order valence-corrected chi connectivity index (χ2v) is 7.40. The van der Waals surface area contributed by atoms with Crippen LogP contribution in [0.2, 0.25) is 5.02 Å². The van der Waals surface area contributed by atoms with Gasteiger partial charge in [0.2, 0.25) is 10.0 Å². The van der Waals surface area contributed by atoms with Gasteiger partial charge in [-0.15, -0.1) is 0 Å². The van der Waals surface area contributed by atoms with Crippen molar-refractivity contribution in [3.05, 3.63) is 29.3 Å². The van der Waals surface area contributed by atoms with Gasteiger partial charge in [-0.25, -0.2) is 8.42 Å². The van der Waals surface area contributed by atoms with Crippen LogP contribution in [0.5, 0.6) is 0 Å². The van der Waals surface area contributed by atoms with Gasteiger partial charge in [0.25, 0.3) is 5.91 Å². The standard InChI is InChI=1S/C14H17ClN2O5S/c1-9(14(19)22-8-13(18)16-11-4-5-11)17-23(20,21)12-6-2-10(15)3-7-12/h2-3,6-7,9,11,17H,4-5,8H2,1H3,(H,16,18). The molecule has 0 heterocycles. The van der Waals surface area contributed by atoms with Crippen molar-refractivity contribution in [2.24, 2.45) is 0 Å². The quantitative estimate of drug-likeness (QED) is 0.701. The van der Waals surface area contributed by atoms with Gasteiger partial charge < -0.3 is 10.1 Å². The van der Waals surface area contributed by atoms with Crippen LogP contribution in [-0.4, -0.2) is 39.0 Å². The Labute approximate surface area is 139 Å². The monoisotopic (exact) mass is 360 g/mol. The molecule has 1 unspecified atom stereocenters. The Hall–Kier alpha value is -1.64. The first-order valence-electron chi connectivity index (χ1n) is 7.02. The molecule has 0 aromatic heterocycles. The Morgan fingerprint density at radius 3 is 2.48 bits per heavy atom. The summed E-state index contributed by atoms with van der Waals surface area (Å²) in [6.45, 7) is 0.914. The Bertz CT molecular complexity index is 686. The van der Waals surface area contributed by atoms with Crippen LogP contribution >= 0.6 is 11.6 Å². The first-order chi connectivity index (χ1) is 10.8. The third kappa shape index (κ3) is 5.49. The summed E-state index contributed by atoms with van der Waals surface area (Å²) in [6.07, 6.45) is 1.86. The molecule has 0 aliphatic heterocycles. The molecule has 1 aromatic rings. The van der Waals surface area contributed by atoms with Gasteiger partial charge in [-0.2, -0.15) is 4.72 Å². The van der Waals surface area contributed by atoms with E-state index in [1.165, 1.54) is 31.2 Å². The normalized spacial score (nSPS) is 15.7. The molecule has 1 aliphatic carbocycles. The number of halogens is 1. The number of benzene rings is 1. The highest BCUT2D eigenvalue weighted by molar-refractivity contribution is 7.89. The highest BCUT2D eigenvalue weighted by Crippen LogP contribution is 2.18. The summed E-state index contributed by atoms with van der Waals surface area (Å²) < 4.78 is 31.2. The largest absolute Gasteiger partial charge is 0.454 e. The van der Waals surface area contributed by atoms with Crippen LogP contribution in [0.4, 0.5) is 0 Å². The number of esters is 1. The number of amides is 1. The van der Waals surface area contributed by atoms with E-state index in [0.29, 0.717) is 5.02 Å². The predicted octanol–water partition coefficient (Wildman–Crippen LogP) is 0.829. The van der Waals surface area contributed by atoms with Crippen molar-refractivity contribution in [3.8, 4) is 0 Å². The highest BCUT2D eigenvalue weighted by Gasteiger charge is 2.26. The summed E-state index contributed by atoms with van der Waals surface area (Å²) in [5.41, 5.74) is 0. The fraction of sp³-hybridized carbons (Fsp3) is 0.429. The minimum Gasteiger partial charge on any atom is -0.454 e. The molecule has 1 aliphatic rings. The number of sulfonamides is 1. The summed E-state index contributed by atoms with van der Waals surface area (Å²) in [5.74, 6) is -1.22. The summed E-state index contributed by atoms with van der Waals surface area (Å²) in [5, 5.41) is 3.06. The van der Waals surface area contributed by atoms with Crippen molar-refractivity contribution in [1.82, 2.24) is 10.0 Å². The van der Waals surface area contributed by atoms with Gasteiger partial charge in [-0.1, -0.05) is 11.6 Å². The molecule has 2 rings (SSSR count). The van der Waals surface area contributed by atoms with Crippen LogP contribution in [0.3, 0.4) is 0 Å². The van der Waals surface area contributed by atoms with Gasteiger partial charge in [0, 0.05) is 11.1 Å². The molecule has 0 spiro atoms.